The van der Waals surface area contributed by atoms with Crippen LogP contribution in [0.2, 0.25) is 0 Å². The van der Waals surface area contributed by atoms with Crippen LogP contribution in [0.1, 0.15) is 31.0 Å². The van der Waals surface area contributed by atoms with Crippen molar-refractivity contribution in [3.8, 4) is 0 Å². The summed E-state index contributed by atoms with van der Waals surface area (Å²) in [7, 11) is 0. The number of nitrogens with zero attached hydrogens (tertiary/aromatic N) is 1. The second kappa shape index (κ2) is 4.86. The van der Waals surface area contributed by atoms with Crippen LogP contribution in [0.5, 0.6) is 0 Å². The van der Waals surface area contributed by atoms with Crippen molar-refractivity contribution in [3.63, 3.8) is 0 Å². The number of carbonyl (C=O) groups is 1. The van der Waals surface area contributed by atoms with Gasteiger partial charge < -0.3 is 4.79 Å². The molecule has 0 amide bonds. The van der Waals surface area contributed by atoms with Crippen LogP contribution in [0.25, 0.3) is 0 Å². The molecule has 4 heteroatoms. The molecule has 1 rings (SSSR count). The summed E-state index contributed by atoms with van der Waals surface area (Å²) in [5.41, 5.74) is 1.10. The molecule has 0 aromatic carbocycles. The minimum absolute atomic E-state index is 0.226. The number of rotatable bonds is 4. The average Bonchev–Trinajstić information content (AvgIpc) is 2.43. The van der Waals surface area contributed by atoms with Gasteiger partial charge in [0.2, 0.25) is 0 Å². The van der Waals surface area contributed by atoms with Crippen molar-refractivity contribution in [2.75, 3.05) is 0 Å². The molecule has 0 fully saturated rings. The third-order valence-corrected chi connectivity index (χ3v) is 3.61. The lowest BCUT2D eigenvalue weighted by Crippen LogP contribution is -1.93. The van der Waals surface area contributed by atoms with Gasteiger partial charge in [-0.1, -0.05) is 6.92 Å². The molecule has 0 spiro atoms. The third-order valence-electron chi connectivity index (χ3n) is 1.72. The zero-order valence-corrected chi connectivity index (χ0v) is 10.2. The number of hydrogen-bond acceptors (Lipinski definition) is 3. The molecule has 0 saturated heterocycles. The molecule has 72 valence electrons. The molecule has 0 atom stereocenters. The molecule has 0 unspecified atom stereocenters. The van der Waals surface area contributed by atoms with Crippen LogP contribution in [-0.2, 0) is 17.6 Å². The lowest BCUT2D eigenvalue weighted by Gasteiger charge is -1.90. The Bertz CT molecular complexity index is 309. The molecule has 0 N–H and O–H groups in total. The van der Waals surface area contributed by atoms with Crippen molar-refractivity contribution in [1.82, 2.24) is 4.98 Å². The monoisotopic (exact) mass is 261 g/mol. The van der Waals surface area contributed by atoms with Crippen LogP contribution < -0.4 is 0 Å². The van der Waals surface area contributed by atoms with Gasteiger partial charge in [-0.05, 0) is 29.3 Å². The normalized spacial score (nSPS) is 10.4. The van der Waals surface area contributed by atoms with Gasteiger partial charge in [-0.2, -0.15) is 0 Å². The molecule has 0 aliphatic rings. The Morgan fingerprint density at radius 1 is 1.62 bits per heavy atom. The van der Waals surface area contributed by atoms with E-state index in [-0.39, 0.29) is 5.78 Å². The first-order chi connectivity index (χ1) is 6.13. The Kier molecular flexibility index (Phi) is 4.06. The van der Waals surface area contributed by atoms with Gasteiger partial charge >= 0.3 is 0 Å². The summed E-state index contributed by atoms with van der Waals surface area (Å²) in [6.45, 7) is 3.69. The van der Waals surface area contributed by atoms with E-state index in [0.29, 0.717) is 6.42 Å². The minimum atomic E-state index is 0.226. The summed E-state index contributed by atoms with van der Waals surface area (Å²) in [5.74, 6) is 0.226. The smallest absolute Gasteiger partial charge is 0.130 e. The first-order valence-corrected chi connectivity index (χ1v) is 5.88. The lowest BCUT2D eigenvalue weighted by molar-refractivity contribution is -0.116. The number of aromatic nitrogens is 1. The molecule has 0 radical (unpaired) electrons. The standard InChI is InChI=1S/C9H12BrNOS/c1-3-7-9(10)13-8(11-7)5-4-6(2)12/h3-5H2,1-2H3. The number of halogens is 1. The fraction of sp³-hybridized carbons (Fsp3) is 0.556. The van der Waals surface area contributed by atoms with Crippen LogP contribution >= 0.6 is 27.3 Å². The first kappa shape index (κ1) is 10.9. The Labute approximate surface area is 90.5 Å². The van der Waals surface area contributed by atoms with Crippen LogP contribution in [0.15, 0.2) is 3.79 Å². The zero-order valence-electron chi connectivity index (χ0n) is 7.76. The highest BCUT2D eigenvalue weighted by Crippen LogP contribution is 2.25. The maximum absolute atomic E-state index is 10.7. The third kappa shape index (κ3) is 3.19. The van der Waals surface area contributed by atoms with E-state index in [1.165, 1.54) is 0 Å². The number of thiazole rings is 1. The molecule has 1 aromatic heterocycles. The quantitative estimate of drug-likeness (QED) is 0.834. The number of hydrogen-bond donors (Lipinski definition) is 0. The summed E-state index contributed by atoms with van der Waals surface area (Å²) in [6.07, 6.45) is 2.32. The highest BCUT2D eigenvalue weighted by Gasteiger charge is 2.07. The van der Waals surface area contributed by atoms with Gasteiger partial charge in [-0.15, -0.1) is 11.3 Å². The fourth-order valence-electron chi connectivity index (χ4n) is 0.988. The number of Topliss-reactive ketones (excluding diaryl/α,β-unsaturated/α-hetero) is 1. The summed E-state index contributed by atoms with van der Waals surface area (Å²) in [4.78, 5) is 15.2. The van der Waals surface area contributed by atoms with Crippen molar-refractivity contribution in [3.05, 3.63) is 14.5 Å². The van der Waals surface area contributed by atoms with E-state index >= 15 is 0 Å². The van der Waals surface area contributed by atoms with E-state index in [2.05, 4.69) is 27.8 Å². The molecule has 0 saturated carbocycles. The summed E-state index contributed by atoms with van der Waals surface area (Å²) in [6, 6.07) is 0. The van der Waals surface area contributed by atoms with E-state index in [9.17, 15) is 4.79 Å². The highest BCUT2D eigenvalue weighted by molar-refractivity contribution is 9.11. The minimum Gasteiger partial charge on any atom is -0.300 e. The molecule has 1 aromatic rings. The predicted molar refractivity (Wildman–Crippen MR) is 58.2 cm³/mol. The predicted octanol–water partition coefficient (Wildman–Crippen LogP) is 2.99. The molecule has 13 heavy (non-hydrogen) atoms. The average molecular weight is 262 g/mol. The maximum Gasteiger partial charge on any atom is 0.130 e. The van der Waals surface area contributed by atoms with Crippen molar-refractivity contribution < 1.29 is 4.79 Å². The Morgan fingerprint density at radius 3 is 2.77 bits per heavy atom. The summed E-state index contributed by atoms with van der Waals surface area (Å²) >= 11 is 5.09. The molecule has 0 aliphatic heterocycles. The van der Waals surface area contributed by atoms with Gasteiger partial charge in [-0.25, -0.2) is 4.98 Å². The van der Waals surface area contributed by atoms with Crippen LogP contribution in [0.4, 0.5) is 0 Å². The van der Waals surface area contributed by atoms with E-state index in [1.54, 1.807) is 18.3 Å². The van der Waals surface area contributed by atoms with Crippen LogP contribution in [-0.4, -0.2) is 10.8 Å². The second-order valence-corrected chi connectivity index (χ2v) is 5.29. The first-order valence-electron chi connectivity index (χ1n) is 4.27. The van der Waals surface area contributed by atoms with E-state index in [1.807, 2.05) is 0 Å². The van der Waals surface area contributed by atoms with Crippen molar-refractivity contribution in [1.29, 1.82) is 0 Å². The van der Waals surface area contributed by atoms with Gasteiger partial charge in [0.15, 0.2) is 0 Å². The van der Waals surface area contributed by atoms with Crippen molar-refractivity contribution in [2.45, 2.75) is 33.1 Å². The van der Waals surface area contributed by atoms with Gasteiger partial charge in [-0.3, -0.25) is 0 Å². The molecular formula is C9H12BrNOS. The summed E-state index contributed by atoms with van der Waals surface area (Å²) < 4.78 is 1.11. The van der Waals surface area contributed by atoms with E-state index < -0.39 is 0 Å². The Balaban J connectivity index is 2.62. The van der Waals surface area contributed by atoms with Gasteiger partial charge in [0.1, 0.15) is 5.78 Å². The largest absolute Gasteiger partial charge is 0.300 e. The molecule has 2 nitrogen and oxygen atoms in total. The molecule has 1 heterocycles. The molecule has 0 aliphatic carbocycles. The Hall–Kier alpha value is -0.220. The SMILES string of the molecule is CCc1nc(CCC(C)=O)sc1Br. The van der Waals surface area contributed by atoms with E-state index in [4.69, 9.17) is 0 Å². The van der Waals surface area contributed by atoms with Crippen molar-refractivity contribution >= 4 is 33.0 Å². The molecular weight excluding hydrogens is 250 g/mol. The zero-order chi connectivity index (χ0) is 9.84. The number of aryl methyl sites for hydroxylation is 2. The van der Waals surface area contributed by atoms with E-state index in [0.717, 1.165) is 27.3 Å². The van der Waals surface area contributed by atoms with Crippen LogP contribution in [0.3, 0.4) is 0 Å². The fourth-order valence-corrected chi connectivity index (χ4v) is 2.79. The van der Waals surface area contributed by atoms with Gasteiger partial charge in [0.25, 0.3) is 0 Å². The highest BCUT2D eigenvalue weighted by atomic mass is 79.9. The number of ketones is 1. The van der Waals surface area contributed by atoms with Crippen LogP contribution in [0, 0.1) is 0 Å². The maximum atomic E-state index is 10.7. The van der Waals surface area contributed by atoms with Crippen molar-refractivity contribution in [2.24, 2.45) is 0 Å². The second-order valence-electron chi connectivity index (χ2n) is 2.88. The van der Waals surface area contributed by atoms with Gasteiger partial charge in [0.05, 0.1) is 14.5 Å². The summed E-state index contributed by atoms with van der Waals surface area (Å²) in [5, 5.41) is 1.05. The number of carbonyl (C=O) groups excluding carboxylic acids is 1. The lowest BCUT2D eigenvalue weighted by atomic mass is 10.2. The molecule has 0 bridgehead atoms. The topological polar surface area (TPSA) is 30.0 Å². The van der Waals surface area contributed by atoms with Gasteiger partial charge in [0, 0.05) is 12.8 Å². The Morgan fingerprint density at radius 2 is 2.31 bits per heavy atom.